The number of carbonyl (C=O) groups is 2. The van der Waals surface area contributed by atoms with E-state index in [0.29, 0.717) is 22.9 Å². The summed E-state index contributed by atoms with van der Waals surface area (Å²) in [6.07, 6.45) is 0.0444. The van der Waals surface area contributed by atoms with Gasteiger partial charge in [-0.1, -0.05) is 25.1 Å². The number of nitrogens with one attached hydrogen (secondary N) is 2. The first-order chi connectivity index (χ1) is 14.6. The first-order valence-electron chi connectivity index (χ1n) is 9.73. The van der Waals surface area contributed by atoms with Crippen LogP contribution in [-0.4, -0.2) is 45.5 Å². The molecule has 0 heterocycles. The second-order valence-corrected chi connectivity index (χ2v) is 9.26. The molecule has 0 aliphatic rings. The minimum atomic E-state index is -4.05. The minimum absolute atomic E-state index is 0.0444. The van der Waals surface area contributed by atoms with Gasteiger partial charge in [0, 0.05) is 17.4 Å². The summed E-state index contributed by atoms with van der Waals surface area (Å²) >= 11 is 0. The Kier molecular flexibility index (Phi) is 8.04. The quantitative estimate of drug-likeness (QED) is 0.610. The summed E-state index contributed by atoms with van der Waals surface area (Å²) in [5.41, 5.74) is 2.58. The molecule has 0 aromatic heterocycles. The number of hydrogen-bond acceptors (Lipinski definition) is 6. The van der Waals surface area contributed by atoms with Gasteiger partial charge in [0.15, 0.2) is 21.3 Å². The zero-order chi connectivity index (χ0) is 23.2. The summed E-state index contributed by atoms with van der Waals surface area (Å²) in [6, 6.07) is 10.2. The zero-order valence-corrected chi connectivity index (χ0v) is 19.1. The van der Waals surface area contributed by atoms with E-state index in [0.717, 1.165) is 11.1 Å². The van der Waals surface area contributed by atoms with Gasteiger partial charge >= 0.3 is 0 Å². The summed E-state index contributed by atoms with van der Waals surface area (Å²) in [5.74, 6) is -1.35. The third-order valence-corrected chi connectivity index (χ3v) is 6.90. The number of aryl methyl sites for hydroxylation is 2. The van der Waals surface area contributed by atoms with Gasteiger partial charge in [0.2, 0.25) is 11.8 Å². The monoisotopic (exact) mass is 448 g/mol. The molecule has 0 bridgehead atoms. The summed E-state index contributed by atoms with van der Waals surface area (Å²) in [4.78, 5) is 25.1. The van der Waals surface area contributed by atoms with Crippen LogP contribution in [0.3, 0.4) is 0 Å². The van der Waals surface area contributed by atoms with E-state index >= 15 is 0 Å². The molecule has 31 heavy (non-hydrogen) atoms. The van der Waals surface area contributed by atoms with Crippen LogP contribution in [0.5, 0.6) is 11.5 Å². The molecule has 2 rings (SSSR count). The van der Waals surface area contributed by atoms with E-state index in [4.69, 9.17) is 9.47 Å². The van der Waals surface area contributed by atoms with Gasteiger partial charge in [-0.25, -0.2) is 8.42 Å². The van der Waals surface area contributed by atoms with Crippen molar-refractivity contribution in [1.82, 2.24) is 0 Å². The maximum atomic E-state index is 12.8. The normalized spacial score (nSPS) is 12.0. The van der Waals surface area contributed by atoms with Crippen LogP contribution in [0.2, 0.25) is 0 Å². The Balaban J connectivity index is 2.13. The number of amides is 2. The molecule has 8 nitrogen and oxygen atoms in total. The lowest BCUT2D eigenvalue weighted by Gasteiger charge is -2.18. The highest BCUT2D eigenvalue weighted by Crippen LogP contribution is 2.29. The van der Waals surface area contributed by atoms with Crippen LogP contribution in [0.4, 0.5) is 11.4 Å². The number of sulfone groups is 1. The number of benzene rings is 2. The molecule has 1 unspecified atom stereocenters. The van der Waals surface area contributed by atoms with E-state index in [-0.39, 0.29) is 6.42 Å². The zero-order valence-electron chi connectivity index (χ0n) is 18.3. The van der Waals surface area contributed by atoms with E-state index < -0.39 is 32.7 Å². The molecule has 2 aromatic rings. The molecule has 9 heteroatoms. The van der Waals surface area contributed by atoms with Crippen molar-refractivity contribution in [1.29, 1.82) is 0 Å². The largest absolute Gasteiger partial charge is 0.493 e. The molecule has 0 spiro atoms. The van der Waals surface area contributed by atoms with Gasteiger partial charge in [0.05, 0.1) is 14.2 Å². The summed E-state index contributed by atoms with van der Waals surface area (Å²) in [5, 5.41) is 3.89. The number of anilines is 2. The standard InChI is InChI=1S/C22H28N2O6S/c1-6-19(22(26)24-21-14(2)8-7-9-15(21)3)31(27,28)13-20(25)23-16-10-11-17(29-4)18(12-16)30-5/h7-12,19H,6,13H2,1-5H3,(H,23,25)(H,24,26). The predicted molar refractivity (Wildman–Crippen MR) is 121 cm³/mol. The Morgan fingerprint density at radius 1 is 0.968 bits per heavy atom. The topological polar surface area (TPSA) is 111 Å². The fraction of sp³-hybridized carbons (Fsp3) is 0.364. The van der Waals surface area contributed by atoms with Crippen molar-refractivity contribution in [3.05, 3.63) is 47.5 Å². The van der Waals surface area contributed by atoms with Crippen molar-refractivity contribution in [2.45, 2.75) is 32.4 Å². The molecule has 2 amide bonds. The highest BCUT2D eigenvalue weighted by atomic mass is 32.2. The Morgan fingerprint density at radius 3 is 2.13 bits per heavy atom. The van der Waals surface area contributed by atoms with Gasteiger partial charge in [-0.05, 0) is 43.5 Å². The van der Waals surface area contributed by atoms with E-state index in [9.17, 15) is 18.0 Å². The first kappa shape index (κ1) is 24.2. The molecule has 0 saturated carbocycles. The SMILES string of the molecule is CCC(C(=O)Nc1c(C)cccc1C)S(=O)(=O)CC(=O)Nc1ccc(OC)c(OC)c1. The average Bonchev–Trinajstić information content (AvgIpc) is 2.70. The van der Waals surface area contributed by atoms with E-state index in [1.54, 1.807) is 19.1 Å². The van der Waals surface area contributed by atoms with Gasteiger partial charge in [-0.2, -0.15) is 0 Å². The fourth-order valence-electron chi connectivity index (χ4n) is 3.21. The van der Waals surface area contributed by atoms with Gasteiger partial charge in [0.1, 0.15) is 11.0 Å². The first-order valence-corrected chi connectivity index (χ1v) is 11.4. The third-order valence-electron chi connectivity index (χ3n) is 4.83. The summed E-state index contributed by atoms with van der Waals surface area (Å²) in [6.45, 7) is 5.25. The van der Waals surface area contributed by atoms with Crippen LogP contribution in [0.15, 0.2) is 36.4 Å². The number of carbonyl (C=O) groups excluding carboxylic acids is 2. The number of para-hydroxylation sites is 1. The maximum Gasteiger partial charge on any atom is 0.242 e. The Bertz CT molecular complexity index is 1050. The Hall–Kier alpha value is -3.07. The highest BCUT2D eigenvalue weighted by Gasteiger charge is 2.33. The van der Waals surface area contributed by atoms with Crippen molar-refractivity contribution < 1.29 is 27.5 Å². The second kappa shape index (κ2) is 10.3. The van der Waals surface area contributed by atoms with Crippen LogP contribution in [0, 0.1) is 13.8 Å². The molecule has 0 aliphatic carbocycles. The van der Waals surface area contributed by atoms with E-state index in [1.807, 2.05) is 32.0 Å². The second-order valence-electron chi connectivity index (χ2n) is 7.08. The minimum Gasteiger partial charge on any atom is -0.493 e. The van der Waals surface area contributed by atoms with Gasteiger partial charge in [-0.3, -0.25) is 9.59 Å². The van der Waals surface area contributed by atoms with Crippen molar-refractivity contribution in [3.63, 3.8) is 0 Å². The van der Waals surface area contributed by atoms with Crippen LogP contribution in [0.1, 0.15) is 24.5 Å². The summed E-state index contributed by atoms with van der Waals surface area (Å²) < 4.78 is 36.0. The van der Waals surface area contributed by atoms with Crippen molar-refractivity contribution >= 4 is 33.0 Å². The molecule has 0 fully saturated rings. The van der Waals surface area contributed by atoms with Gasteiger partial charge < -0.3 is 20.1 Å². The number of ether oxygens (including phenoxy) is 2. The number of methoxy groups -OCH3 is 2. The molecule has 1 atom stereocenters. The lowest BCUT2D eigenvalue weighted by Crippen LogP contribution is -2.39. The maximum absolute atomic E-state index is 12.8. The molecule has 168 valence electrons. The van der Waals surface area contributed by atoms with Gasteiger partial charge in [-0.15, -0.1) is 0 Å². The Labute approximate surface area is 182 Å². The predicted octanol–water partition coefficient (Wildman–Crippen LogP) is 3.09. The van der Waals surface area contributed by atoms with Crippen molar-refractivity contribution in [2.75, 3.05) is 30.6 Å². The molecule has 2 aromatic carbocycles. The van der Waals surface area contributed by atoms with E-state index in [1.165, 1.54) is 20.3 Å². The summed E-state index contributed by atoms with van der Waals surface area (Å²) in [7, 11) is -1.11. The van der Waals surface area contributed by atoms with Crippen molar-refractivity contribution in [3.8, 4) is 11.5 Å². The molecule has 0 saturated heterocycles. The highest BCUT2D eigenvalue weighted by molar-refractivity contribution is 7.93. The third kappa shape index (κ3) is 5.97. The molecule has 0 radical (unpaired) electrons. The van der Waals surface area contributed by atoms with Crippen molar-refractivity contribution in [2.24, 2.45) is 0 Å². The van der Waals surface area contributed by atoms with Gasteiger partial charge in [0.25, 0.3) is 0 Å². The molecule has 2 N–H and O–H groups in total. The van der Waals surface area contributed by atoms with Crippen LogP contribution in [-0.2, 0) is 19.4 Å². The van der Waals surface area contributed by atoms with Crippen LogP contribution >= 0.6 is 0 Å². The molecular weight excluding hydrogens is 420 g/mol. The fourth-order valence-corrected chi connectivity index (χ4v) is 4.74. The molecular formula is C22H28N2O6S. The lowest BCUT2D eigenvalue weighted by atomic mass is 10.1. The number of hydrogen-bond donors (Lipinski definition) is 2. The van der Waals surface area contributed by atoms with Crippen LogP contribution < -0.4 is 20.1 Å². The van der Waals surface area contributed by atoms with Crippen LogP contribution in [0.25, 0.3) is 0 Å². The number of rotatable bonds is 9. The average molecular weight is 449 g/mol. The van der Waals surface area contributed by atoms with E-state index in [2.05, 4.69) is 10.6 Å². The molecule has 0 aliphatic heterocycles. The lowest BCUT2D eigenvalue weighted by molar-refractivity contribution is -0.115. The Morgan fingerprint density at radius 2 is 1.58 bits per heavy atom. The smallest absolute Gasteiger partial charge is 0.242 e.